The van der Waals surface area contributed by atoms with Gasteiger partial charge in [-0.25, -0.2) is 22.0 Å². The van der Waals surface area contributed by atoms with Gasteiger partial charge in [-0.05, 0) is 35.7 Å². The van der Waals surface area contributed by atoms with Crippen LogP contribution in [0, 0.1) is 11.6 Å². The van der Waals surface area contributed by atoms with Crippen molar-refractivity contribution in [1.29, 1.82) is 0 Å². The summed E-state index contributed by atoms with van der Waals surface area (Å²) in [5.41, 5.74) is 0.191. The van der Waals surface area contributed by atoms with Crippen LogP contribution >= 0.6 is 11.6 Å². The zero-order valence-electron chi connectivity index (χ0n) is 16.1. The summed E-state index contributed by atoms with van der Waals surface area (Å²) in [7, 11) is -2.24. The average Bonchev–Trinajstić information content (AvgIpc) is 2.69. The number of carbonyl (C=O) groups is 1. The number of H-pyrrole nitrogens is 1. The van der Waals surface area contributed by atoms with E-state index in [1.165, 1.54) is 36.2 Å². The van der Waals surface area contributed by atoms with Crippen molar-refractivity contribution < 1.29 is 22.0 Å². The first-order valence-corrected chi connectivity index (χ1v) is 11.3. The minimum atomic E-state index is -3.64. The van der Waals surface area contributed by atoms with Crippen LogP contribution in [0.15, 0.2) is 41.2 Å². The van der Waals surface area contributed by atoms with E-state index in [4.69, 9.17) is 11.6 Å². The van der Waals surface area contributed by atoms with Crippen molar-refractivity contribution >= 4 is 43.9 Å². The molecule has 0 bridgehead atoms. The Bertz CT molecular complexity index is 1390. The highest BCUT2D eigenvalue weighted by Crippen LogP contribution is 2.35. The van der Waals surface area contributed by atoms with Crippen molar-refractivity contribution in [3.63, 3.8) is 0 Å². The number of aromatic nitrogens is 1. The summed E-state index contributed by atoms with van der Waals surface area (Å²) >= 11 is 5.74. The number of nitrogens with zero attached hydrogens (tertiary/aromatic N) is 1. The van der Waals surface area contributed by atoms with E-state index >= 15 is 0 Å². The highest BCUT2D eigenvalue weighted by molar-refractivity contribution is 7.90. The van der Waals surface area contributed by atoms with E-state index in [-0.39, 0.29) is 27.5 Å². The Morgan fingerprint density at radius 1 is 1.19 bits per heavy atom. The number of pyridine rings is 1. The van der Waals surface area contributed by atoms with E-state index < -0.39 is 44.9 Å². The number of nitrogens with one attached hydrogen (secondary N) is 2. The number of urea groups is 1. The van der Waals surface area contributed by atoms with Crippen molar-refractivity contribution in [2.24, 2.45) is 0 Å². The second kappa shape index (κ2) is 7.61. The standard InChI is InChI=1S/C20H16ClF2N3O4S/c1-26(20(28)24-11-3-5-15(23)14(21)7-11)17-9-31(29,30)8-16-18(17)12-4-2-10(22)6-13(12)19(27)25-16/h2-7,17H,8-9H2,1H3,(H,24,28)(H,25,27)/t17-/m1/s1. The van der Waals surface area contributed by atoms with Crippen molar-refractivity contribution in [2.45, 2.75) is 11.8 Å². The second-order valence-corrected chi connectivity index (χ2v) is 9.79. The Morgan fingerprint density at radius 2 is 1.94 bits per heavy atom. The number of benzene rings is 2. The monoisotopic (exact) mass is 467 g/mol. The van der Waals surface area contributed by atoms with Gasteiger partial charge in [0.1, 0.15) is 11.6 Å². The number of sulfone groups is 1. The third-order valence-electron chi connectivity index (χ3n) is 5.17. The van der Waals surface area contributed by atoms with Crippen LogP contribution in [-0.4, -0.2) is 37.1 Å². The summed E-state index contributed by atoms with van der Waals surface area (Å²) in [6.07, 6.45) is 0. The third kappa shape index (κ3) is 4.00. The number of halogens is 3. The largest absolute Gasteiger partial charge is 0.324 e. The van der Waals surface area contributed by atoms with Gasteiger partial charge in [-0.3, -0.25) is 4.79 Å². The zero-order chi connectivity index (χ0) is 22.5. The molecule has 2 heterocycles. The summed E-state index contributed by atoms with van der Waals surface area (Å²) in [5.74, 6) is -2.04. The smallest absolute Gasteiger partial charge is 0.322 e. The van der Waals surface area contributed by atoms with Crippen LogP contribution in [0.5, 0.6) is 0 Å². The first-order chi connectivity index (χ1) is 14.6. The highest BCUT2D eigenvalue weighted by atomic mass is 35.5. The molecule has 0 saturated carbocycles. The van der Waals surface area contributed by atoms with Crippen molar-refractivity contribution in [3.8, 4) is 0 Å². The molecule has 0 aliphatic carbocycles. The van der Waals surface area contributed by atoms with Crippen LogP contribution in [0.1, 0.15) is 17.3 Å². The van der Waals surface area contributed by atoms with Gasteiger partial charge in [0, 0.05) is 24.0 Å². The number of rotatable bonds is 2. The van der Waals surface area contributed by atoms with Crippen LogP contribution in [0.2, 0.25) is 5.02 Å². The topological polar surface area (TPSA) is 99.3 Å². The summed E-state index contributed by atoms with van der Waals surface area (Å²) in [6, 6.07) is 5.64. The molecule has 0 saturated heterocycles. The summed E-state index contributed by atoms with van der Waals surface area (Å²) in [6.45, 7) is 0. The van der Waals surface area contributed by atoms with Crippen LogP contribution < -0.4 is 10.9 Å². The van der Waals surface area contributed by atoms with Gasteiger partial charge in [-0.2, -0.15) is 0 Å². The van der Waals surface area contributed by atoms with Gasteiger partial charge in [-0.1, -0.05) is 17.7 Å². The second-order valence-electron chi connectivity index (χ2n) is 7.28. The minimum absolute atomic E-state index is 0.0576. The Kier molecular flexibility index (Phi) is 5.22. The molecule has 3 aromatic rings. The summed E-state index contributed by atoms with van der Waals surface area (Å²) < 4.78 is 52.1. The Morgan fingerprint density at radius 3 is 2.65 bits per heavy atom. The minimum Gasteiger partial charge on any atom is -0.324 e. The molecule has 1 aliphatic rings. The van der Waals surface area contributed by atoms with E-state index in [1.807, 2.05) is 0 Å². The Hall–Kier alpha value is -2.98. The molecule has 0 radical (unpaired) electrons. The first-order valence-electron chi connectivity index (χ1n) is 9.09. The van der Waals surface area contributed by atoms with Gasteiger partial charge < -0.3 is 15.2 Å². The average molecular weight is 468 g/mol. The predicted molar refractivity (Wildman–Crippen MR) is 113 cm³/mol. The maximum atomic E-state index is 13.7. The SMILES string of the molecule is CN(C(=O)Nc1ccc(F)c(Cl)c1)[C@@H]1CS(=O)(=O)Cc2[nH]c(=O)c3cc(F)ccc3c21. The zero-order valence-corrected chi connectivity index (χ0v) is 17.7. The summed E-state index contributed by atoms with van der Waals surface area (Å²) in [4.78, 5) is 28.9. The molecule has 4 rings (SSSR count). The van der Waals surface area contributed by atoms with Crippen LogP contribution in [-0.2, 0) is 15.6 Å². The van der Waals surface area contributed by atoms with Crippen molar-refractivity contribution in [2.75, 3.05) is 18.1 Å². The van der Waals surface area contributed by atoms with Crippen molar-refractivity contribution in [3.05, 3.63) is 74.7 Å². The molecule has 0 spiro atoms. The van der Waals surface area contributed by atoms with Gasteiger partial charge in [-0.15, -0.1) is 0 Å². The molecule has 162 valence electrons. The molecule has 2 amide bonds. The number of fused-ring (bicyclic) bond motifs is 3. The maximum absolute atomic E-state index is 13.7. The van der Waals surface area contributed by atoms with Gasteiger partial charge in [0.05, 0.1) is 28.0 Å². The molecule has 2 aromatic carbocycles. The van der Waals surface area contributed by atoms with Gasteiger partial charge >= 0.3 is 6.03 Å². The lowest BCUT2D eigenvalue weighted by atomic mass is 9.97. The van der Waals surface area contributed by atoms with E-state index in [2.05, 4.69) is 10.3 Å². The van der Waals surface area contributed by atoms with Crippen LogP contribution in [0.3, 0.4) is 0 Å². The van der Waals surface area contributed by atoms with Gasteiger partial charge in [0.25, 0.3) is 5.56 Å². The molecular formula is C20H16ClF2N3O4S. The lowest BCUT2D eigenvalue weighted by Crippen LogP contribution is -2.41. The lowest BCUT2D eigenvalue weighted by molar-refractivity contribution is 0.208. The Labute approximate surface area is 180 Å². The van der Waals surface area contributed by atoms with Gasteiger partial charge in [0.15, 0.2) is 9.84 Å². The fraction of sp³-hybridized carbons (Fsp3) is 0.200. The van der Waals surface area contributed by atoms with Gasteiger partial charge in [0.2, 0.25) is 0 Å². The van der Waals surface area contributed by atoms with E-state index in [1.54, 1.807) is 0 Å². The maximum Gasteiger partial charge on any atom is 0.322 e. The molecule has 0 unspecified atom stereocenters. The quantitative estimate of drug-likeness (QED) is 0.601. The fourth-order valence-corrected chi connectivity index (χ4v) is 5.54. The number of hydrogen-bond donors (Lipinski definition) is 2. The fourth-order valence-electron chi connectivity index (χ4n) is 3.70. The number of carbonyl (C=O) groups excluding carboxylic acids is 1. The lowest BCUT2D eigenvalue weighted by Gasteiger charge is -2.33. The molecule has 1 atom stereocenters. The Balaban J connectivity index is 1.78. The molecule has 11 heteroatoms. The number of anilines is 1. The van der Waals surface area contributed by atoms with Crippen molar-refractivity contribution in [1.82, 2.24) is 9.88 Å². The molecule has 0 fully saturated rings. The molecular weight excluding hydrogens is 452 g/mol. The van der Waals surface area contributed by atoms with E-state index in [9.17, 15) is 26.8 Å². The van der Waals surface area contributed by atoms with Crippen LogP contribution in [0.4, 0.5) is 19.3 Å². The highest BCUT2D eigenvalue weighted by Gasteiger charge is 2.36. The number of hydrogen-bond acceptors (Lipinski definition) is 4. The van der Waals surface area contributed by atoms with E-state index in [0.29, 0.717) is 10.9 Å². The molecule has 1 aliphatic heterocycles. The predicted octanol–water partition coefficient (Wildman–Crippen LogP) is 3.59. The van der Waals surface area contributed by atoms with E-state index in [0.717, 1.165) is 12.1 Å². The molecule has 7 nitrogen and oxygen atoms in total. The third-order valence-corrected chi connectivity index (χ3v) is 7.02. The molecule has 1 aromatic heterocycles. The number of amides is 2. The molecule has 2 N–H and O–H groups in total. The first kappa shape index (κ1) is 21.3. The summed E-state index contributed by atoms with van der Waals surface area (Å²) in [5, 5.41) is 2.78. The number of aromatic amines is 1. The normalized spacial score (nSPS) is 17.2. The molecule has 31 heavy (non-hydrogen) atoms. The van der Waals surface area contributed by atoms with Crippen LogP contribution in [0.25, 0.3) is 10.8 Å².